The molecule has 0 amide bonds. The SMILES string of the molecule is CCOCCOc1ccc2c(c1)COCc1ccc(CCc3ccc([C@H]4C[C@@H]4C(=O)OCC)cc3)cc1-2. The molecule has 0 saturated heterocycles. The quantitative estimate of drug-likeness (QED) is 0.230. The van der Waals surface area contributed by atoms with Crippen molar-refractivity contribution in [2.45, 2.75) is 52.2 Å². The molecular weight excluding hydrogens is 464 g/mol. The van der Waals surface area contributed by atoms with Crippen LogP contribution in [0.15, 0.2) is 60.7 Å². The zero-order chi connectivity index (χ0) is 25.6. The number of esters is 1. The summed E-state index contributed by atoms with van der Waals surface area (Å²) >= 11 is 0. The lowest BCUT2D eigenvalue weighted by Gasteiger charge is -2.13. The summed E-state index contributed by atoms with van der Waals surface area (Å²) in [6.45, 7) is 7.32. The molecule has 5 heteroatoms. The second-order valence-corrected chi connectivity index (χ2v) is 9.79. The summed E-state index contributed by atoms with van der Waals surface area (Å²) in [5, 5.41) is 0. The Kier molecular flexibility index (Phi) is 8.22. The Bertz CT molecular complexity index is 1220. The Morgan fingerprint density at radius 1 is 0.838 bits per heavy atom. The zero-order valence-electron chi connectivity index (χ0n) is 21.8. The molecule has 3 aromatic carbocycles. The maximum Gasteiger partial charge on any atom is 0.309 e. The molecule has 1 aliphatic heterocycles. The van der Waals surface area contributed by atoms with Gasteiger partial charge in [0.1, 0.15) is 12.4 Å². The fourth-order valence-corrected chi connectivity index (χ4v) is 5.12. The van der Waals surface area contributed by atoms with Crippen molar-refractivity contribution in [1.82, 2.24) is 0 Å². The van der Waals surface area contributed by atoms with E-state index in [0.717, 1.165) is 30.6 Å². The fourth-order valence-electron chi connectivity index (χ4n) is 5.12. The van der Waals surface area contributed by atoms with Crippen LogP contribution in [0.3, 0.4) is 0 Å². The van der Waals surface area contributed by atoms with Gasteiger partial charge in [0.15, 0.2) is 0 Å². The Balaban J connectivity index is 1.23. The number of hydrogen-bond acceptors (Lipinski definition) is 5. The smallest absolute Gasteiger partial charge is 0.309 e. The molecule has 1 heterocycles. The van der Waals surface area contributed by atoms with Crippen molar-refractivity contribution in [2.75, 3.05) is 26.4 Å². The molecule has 37 heavy (non-hydrogen) atoms. The van der Waals surface area contributed by atoms with E-state index in [9.17, 15) is 4.79 Å². The van der Waals surface area contributed by atoms with Crippen LogP contribution in [-0.4, -0.2) is 32.4 Å². The van der Waals surface area contributed by atoms with Gasteiger partial charge < -0.3 is 18.9 Å². The number of fused-ring (bicyclic) bond motifs is 3. The number of aryl methyl sites for hydroxylation is 2. The minimum atomic E-state index is -0.0583. The highest BCUT2D eigenvalue weighted by Crippen LogP contribution is 2.48. The van der Waals surface area contributed by atoms with Gasteiger partial charge in [-0.05, 0) is 90.1 Å². The van der Waals surface area contributed by atoms with Gasteiger partial charge in [-0.1, -0.05) is 48.5 Å². The Morgan fingerprint density at radius 2 is 1.62 bits per heavy atom. The molecule has 5 rings (SSSR count). The number of carbonyl (C=O) groups excluding carboxylic acids is 1. The van der Waals surface area contributed by atoms with Crippen LogP contribution in [0.1, 0.15) is 54.0 Å². The molecule has 1 aliphatic carbocycles. The first-order valence-corrected chi connectivity index (χ1v) is 13.4. The van der Waals surface area contributed by atoms with Crippen molar-refractivity contribution in [3.05, 3.63) is 88.5 Å². The lowest BCUT2D eigenvalue weighted by Crippen LogP contribution is -2.07. The predicted octanol–water partition coefficient (Wildman–Crippen LogP) is 6.25. The minimum absolute atomic E-state index is 0.0370. The molecule has 2 atom stereocenters. The van der Waals surface area contributed by atoms with Gasteiger partial charge >= 0.3 is 5.97 Å². The summed E-state index contributed by atoms with van der Waals surface area (Å²) in [7, 11) is 0. The van der Waals surface area contributed by atoms with Gasteiger partial charge in [-0.2, -0.15) is 0 Å². The van der Waals surface area contributed by atoms with Gasteiger partial charge in [0, 0.05) is 6.61 Å². The molecule has 0 bridgehead atoms. The van der Waals surface area contributed by atoms with Crippen molar-refractivity contribution < 1.29 is 23.7 Å². The van der Waals surface area contributed by atoms with E-state index in [0.29, 0.717) is 45.6 Å². The van der Waals surface area contributed by atoms with Crippen molar-refractivity contribution in [3.63, 3.8) is 0 Å². The first kappa shape index (κ1) is 25.5. The summed E-state index contributed by atoms with van der Waals surface area (Å²) in [5.41, 5.74) is 8.71. The van der Waals surface area contributed by atoms with Crippen LogP contribution in [-0.2, 0) is 45.1 Å². The lowest BCUT2D eigenvalue weighted by atomic mass is 9.93. The number of rotatable bonds is 11. The summed E-state index contributed by atoms with van der Waals surface area (Å²) in [5.74, 6) is 1.15. The van der Waals surface area contributed by atoms with Crippen LogP contribution in [0, 0.1) is 5.92 Å². The van der Waals surface area contributed by atoms with E-state index < -0.39 is 0 Å². The minimum Gasteiger partial charge on any atom is -0.491 e. The standard InChI is InChI=1S/C32H36O5/c1-3-34-15-16-37-27-13-14-28-26(18-27)21-35-20-25-12-9-23(17-29(25)28)6-5-22-7-10-24(11-8-22)30-19-31(30)32(33)36-4-2/h7-14,17-18,30-31H,3-6,15-16,19-21H2,1-2H3/t30-,31+/m1/s1. The third-order valence-corrected chi connectivity index (χ3v) is 7.25. The van der Waals surface area contributed by atoms with E-state index in [2.05, 4.69) is 54.6 Å². The highest BCUT2D eigenvalue weighted by molar-refractivity contribution is 5.77. The second kappa shape index (κ2) is 11.9. The maximum absolute atomic E-state index is 12.0. The molecule has 0 radical (unpaired) electrons. The number of hydrogen-bond donors (Lipinski definition) is 0. The van der Waals surface area contributed by atoms with E-state index in [-0.39, 0.29) is 11.9 Å². The van der Waals surface area contributed by atoms with Crippen LogP contribution in [0.25, 0.3) is 11.1 Å². The van der Waals surface area contributed by atoms with Crippen molar-refractivity contribution >= 4 is 5.97 Å². The van der Waals surface area contributed by atoms with Crippen molar-refractivity contribution in [2.24, 2.45) is 5.92 Å². The van der Waals surface area contributed by atoms with Gasteiger partial charge in [0.05, 0.1) is 32.3 Å². The molecular formula is C32H36O5. The van der Waals surface area contributed by atoms with Crippen LogP contribution in [0.4, 0.5) is 0 Å². The Hall–Kier alpha value is -3.15. The average molecular weight is 501 g/mol. The van der Waals surface area contributed by atoms with E-state index in [1.54, 1.807) is 0 Å². The molecule has 0 aromatic heterocycles. The summed E-state index contributed by atoms with van der Waals surface area (Å²) < 4.78 is 22.4. The third-order valence-electron chi connectivity index (χ3n) is 7.25. The predicted molar refractivity (Wildman–Crippen MR) is 144 cm³/mol. The second-order valence-electron chi connectivity index (χ2n) is 9.79. The molecule has 0 unspecified atom stereocenters. The Morgan fingerprint density at radius 3 is 2.43 bits per heavy atom. The number of ether oxygens (including phenoxy) is 4. The molecule has 3 aromatic rings. The average Bonchev–Trinajstić information content (AvgIpc) is 3.74. The Labute approximate surface area is 219 Å². The van der Waals surface area contributed by atoms with E-state index in [4.69, 9.17) is 18.9 Å². The first-order chi connectivity index (χ1) is 18.2. The summed E-state index contributed by atoms with van der Waals surface area (Å²) in [4.78, 5) is 12.0. The molecule has 0 spiro atoms. The van der Waals surface area contributed by atoms with Gasteiger partial charge in [0.2, 0.25) is 0 Å². The highest BCUT2D eigenvalue weighted by atomic mass is 16.5. The molecule has 2 aliphatic rings. The summed E-state index contributed by atoms with van der Waals surface area (Å²) in [6, 6.07) is 21.8. The van der Waals surface area contributed by atoms with Gasteiger partial charge in [-0.15, -0.1) is 0 Å². The van der Waals surface area contributed by atoms with Crippen LogP contribution in [0.2, 0.25) is 0 Å². The zero-order valence-corrected chi connectivity index (χ0v) is 21.8. The van der Waals surface area contributed by atoms with Gasteiger partial charge in [0.25, 0.3) is 0 Å². The monoisotopic (exact) mass is 500 g/mol. The van der Waals surface area contributed by atoms with E-state index in [1.165, 1.54) is 33.4 Å². The highest BCUT2D eigenvalue weighted by Gasteiger charge is 2.45. The van der Waals surface area contributed by atoms with Gasteiger partial charge in [-0.3, -0.25) is 4.79 Å². The number of carbonyl (C=O) groups is 1. The maximum atomic E-state index is 12.0. The van der Waals surface area contributed by atoms with Crippen molar-refractivity contribution in [1.29, 1.82) is 0 Å². The van der Waals surface area contributed by atoms with Crippen LogP contribution >= 0.6 is 0 Å². The lowest BCUT2D eigenvalue weighted by molar-refractivity contribution is -0.144. The molecule has 1 saturated carbocycles. The van der Waals surface area contributed by atoms with Crippen LogP contribution < -0.4 is 4.74 Å². The van der Waals surface area contributed by atoms with Gasteiger partial charge in [-0.25, -0.2) is 0 Å². The van der Waals surface area contributed by atoms with E-state index in [1.807, 2.05) is 19.9 Å². The number of benzene rings is 3. The molecule has 1 fully saturated rings. The first-order valence-electron chi connectivity index (χ1n) is 13.4. The summed E-state index contributed by atoms with van der Waals surface area (Å²) in [6.07, 6.45) is 2.84. The largest absolute Gasteiger partial charge is 0.491 e. The van der Waals surface area contributed by atoms with Crippen LogP contribution in [0.5, 0.6) is 5.75 Å². The molecule has 5 nitrogen and oxygen atoms in total. The molecule has 194 valence electrons. The third kappa shape index (κ3) is 6.23. The fraction of sp³-hybridized carbons (Fsp3) is 0.406. The van der Waals surface area contributed by atoms with E-state index >= 15 is 0 Å². The molecule has 0 N–H and O–H groups in total. The van der Waals surface area contributed by atoms with Crippen molar-refractivity contribution in [3.8, 4) is 16.9 Å². The topological polar surface area (TPSA) is 54.0 Å². The normalized spacial score (nSPS) is 17.9.